The molecule has 0 N–H and O–H groups in total. The van der Waals surface area contributed by atoms with Crippen LogP contribution in [0.2, 0.25) is 5.15 Å². The molecule has 0 saturated heterocycles. The van der Waals surface area contributed by atoms with E-state index >= 15 is 0 Å². The third-order valence-electron chi connectivity index (χ3n) is 1.89. The Morgan fingerprint density at radius 2 is 2.08 bits per heavy atom. The van der Waals surface area contributed by atoms with E-state index in [-0.39, 0.29) is 11.0 Å². The van der Waals surface area contributed by atoms with Gasteiger partial charge >= 0.3 is 0 Å². The van der Waals surface area contributed by atoms with Crippen LogP contribution < -0.4 is 0 Å². The van der Waals surface area contributed by atoms with Crippen LogP contribution in [0.4, 0.5) is 4.39 Å². The summed E-state index contributed by atoms with van der Waals surface area (Å²) in [7, 11) is 0. The highest BCUT2D eigenvalue weighted by Gasteiger charge is 2.08. The summed E-state index contributed by atoms with van der Waals surface area (Å²) >= 11 is 5.74. The number of rotatable bonds is 0. The van der Waals surface area contributed by atoms with Crippen molar-refractivity contribution in [1.29, 1.82) is 0 Å². The van der Waals surface area contributed by atoms with Gasteiger partial charge in [-0.05, 0) is 18.6 Å². The lowest BCUT2D eigenvalue weighted by molar-refractivity contribution is 0.630. The van der Waals surface area contributed by atoms with E-state index in [1.165, 1.54) is 6.33 Å². The maximum atomic E-state index is 13.5. The number of hydrogen-bond donors (Lipinski definition) is 0. The van der Waals surface area contributed by atoms with Crippen LogP contribution in [0.3, 0.4) is 0 Å². The third kappa shape index (κ3) is 1.25. The fourth-order valence-electron chi connectivity index (χ4n) is 1.18. The van der Waals surface area contributed by atoms with Crippen LogP contribution in [0.5, 0.6) is 0 Å². The predicted octanol–water partition coefficient (Wildman–Crippen LogP) is 2.73. The summed E-state index contributed by atoms with van der Waals surface area (Å²) in [4.78, 5) is 7.63. The van der Waals surface area contributed by atoms with Crippen LogP contribution in [0, 0.1) is 12.7 Å². The van der Waals surface area contributed by atoms with Crippen molar-refractivity contribution < 1.29 is 4.39 Å². The summed E-state index contributed by atoms with van der Waals surface area (Å²) in [6.45, 7) is 1.68. The van der Waals surface area contributed by atoms with E-state index < -0.39 is 0 Å². The largest absolute Gasteiger partial charge is 0.236 e. The van der Waals surface area contributed by atoms with Gasteiger partial charge in [-0.1, -0.05) is 17.7 Å². The number of aryl methyl sites for hydroxylation is 1. The number of nitrogens with zero attached hydrogens (tertiary/aromatic N) is 2. The Labute approximate surface area is 79.4 Å². The highest BCUT2D eigenvalue weighted by atomic mass is 35.5. The number of aromatic nitrogens is 2. The molecule has 0 aliphatic rings. The lowest BCUT2D eigenvalue weighted by Crippen LogP contribution is -1.90. The minimum atomic E-state index is -0.344. The van der Waals surface area contributed by atoms with E-state index in [1.54, 1.807) is 19.1 Å². The first-order valence-corrected chi connectivity index (χ1v) is 4.13. The van der Waals surface area contributed by atoms with Gasteiger partial charge in [0.15, 0.2) is 0 Å². The molecule has 0 unspecified atom stereocenters. The molecule has 2 aromatic rings. The van der Waals surface area contributed by atoms with Gasteiger partial charge in [0.05, 0.1) is 10.9 Å². The summed E-state index contributed by atoms with van der Waals surface area (Å²) in [6, 6.07) is 3.39. The zero-order chi connectivity index (χ0) is 9.42. The van der Waals surface area contributed by atoms with Crippen LogP contribution in [-0.2, 0) is 0 Å². The first kappa shape index (κ1) is 8.38. The van der Waals surface area contributed by atoms with Crippen LogP contribution in [-0.4, -0.2) is 9.97 Å². The van der Waals surface area contributed by atoms with Gasteiger partial charge in [-0.3, -0.25) is 0 Å². The van der Waals surface area contributed by atoms with Gasteiger partial charge in [-0.15, -0.1) is 0 Å². The Hall–Kier alpha value is -1.22. The quantitative estimate of drug-likeness (QED) is 0.606. The number of benzene rings is 1. The van der Waals surface area contributed by atoms with Crippen molar-refractivity contribution in [3.8, 4) is 0 Å². The molecule has 1 heterocycles. The molecule has 0 atom stereocenters. The Balaban J connectivity index is 2.97. The molecule has 0 aliphatic heterocycles. The predicted molar refractivity (Wildman–Crippen MR) is 49.2 cm³/mol. The van der Waals surface area contributed by atoms with Crippen LogP contribution in [0.15, 0.2) is 18.5 Å². The molecule has 2 rings (SSSR count). The van der Waals surface area contributed by atoms with Gasteiger partial charge < -0.3 is 0 Å². The lowest BCUT2D eigenvalue weighted by Gasteiger charge is -2.01. The second kappa shape index (κ2) is 2.92. The maximum absolute atomic E-state index is 13.5. The Kier molecular flexibility index (Phi) is 1.88. The van der Waals surface area contributed by atoms with Crippen LogP contribution in [0.25, 0.3) is 10.9 Å². The van der Waals surface area contributed by atoms with Crippen molar-refractivity contribution in [2.45, 2.75) is 6.92 Å². The summed E-state index contributed by atoms with van der Waals surface area (Å²) in [5.41, 5.74) is 1.08. The molecule has 4 heteroatoms. The first-order chi connectivity index (χ1) is 6.20. The fourth-order valence-corrected chi connectivity index (χ4v) is 1.40. The number of halogens is 2. The molecule has 1 aromatic carbocycles. The standard InChI is InChI=1S/C9H6ClFN2/c1-5-2-3-6-7(8(5)11)9(10)13-4-12-6/h2-4H,1H3. The Morgan fingerprint density at radius 1 is 1.31 bits per heavy atom. The molecule has 0 aliphatic carbocycles. The van der Waals surface area contributed by atoms with Gasteiger partial charge in [0.2, 0.25) is 0 Å². The van der Waals surface area contributed by atoms with Crippen molar-refractivity contribution in [3.63, 3.8) is 0 Å². The van der Waals surface area contributed by atoms with Gasteiger partial charge in [0, 0.05) is 0 Å². The van der Waals surface area contributed by atoms with Crippen molar-refractivity contribution in [1.82, 2.24) is 9.97 Å². The summed E-state index contributed by atoms with van der Waals surface area (Å²) in [6.07, 6.45) is 1.32. The number of fused-ring (bicyclic) bond motifs is 1. The zero-order valence-corrected chi connectivity index (χ0v) is 7.64. The minimum Gasteiger partial charge on any atom is -0.236 e. The van der Waals surface area contributed by atoms with E-state index in [2.05, 4.69) is 9.97 Å². The van der Waals surface area contributed by atoms with Gasteiger partial charge in [-0.25, -0.2) is 14.4 Å². The molecule has 0 spiro atoms. The Morgan fingerprint density at radius 3 is 2.85 bits per heavy atom. The van der Waals surface area contributed by atoms with Crippen molar-refractivity contribution in [3.05, 3.63) is 35.0 Å². The van der Waals surface area contributed by atoms with Crippen molar-refractivity contribution in [2.75, 3.05) is 0 Å². The lowest BCUT2D eigenvalue weighted by atomic mass is 10.1. The monoisotopic (exact) mass is 196 g/mol. The molecule has 2 nitrogen and oxygen atoms in total. The highest BCUT2D eigenvalue weighted by molar-refractivity contribution is 6.34. The average Bonchev–Trinajstić information content (AvgIpc) is 2.12. The molecule has 0 amide bonds. The molecule has 0 fully saturated rings. The average molecular weight is 197 g/mol. The maximum Gasteiger partial charge on any atom is 0.143 e. The van der Waals surface area contributed by atoms with Gasteiger partial charge in [-0.2, -0.15) is 0 Å². The second-order valence-electron chi connectivity index (χ2n) is 2.76. The highest BCUT2D eigenvalue weighted by Crippen LogP contribution is 2.24. The van der Waals surface area contributed by atoms with E-state index in [9.17, 15) is 4.39 Å². The summed E-state index contributed by atoms with van der Waals surface area (Å²) in [5, 5.41) is 0.454. The zero-order valence-electron chi connectivity index (χ0n) is 6.88. The Bertz CT molecular complexity index is 470. The van der Waals surface area contributed by atoms with Crippen LogP contribution >= 0.6 is 11.6 Å². The molecule has 66 valence electrons. The normalized spacial score (nSPS) is 10.7. The second-order valence-corrected chi connectivity index (χ2v) is 3.11. The molecular weight excluding hydrogens is 191 g/mol. The summed E-state index contributed by atoms with van der Waals surface area (Å²) in [5.74, 6) is -0.344. The minimum absolute atomic E-state index is 0.159. The topological polar surface area (TPSA) is 25.8 Å². The molecule has 0 saturated carbocycles. The van der Waals surface area contributed by atoms with Crippen LogP contribution in [0.1, 0.15) is 5.56 Å². The van der Waals surface area contributed by atoms with Crippen molar-refractivity contribution >= 4 is 22.5 Å². The van der Waals surface area contributed by atoms with E-state index in [0.29, 0.717) is 16.5 Å². The summed E-state index contributed by atoms with van der Waals surface area (Å²) < 4.78 is 13.5. The van der Waals surface area contributed by atoms with E-state index in [1.807, 2.05) is 0 Å². The SMILES string of the molecule is Cc1ccc2ncnc(Cl)c2c1F. The smallest absolute Gasteiger partial charge is 0.143 e. The molecule has 0 radical (unpaired) electrons. The van der Waals surface area contributed by atoms with E-state index in [4.69, 9.17) is 11.6 Å². The molecule has 0 bridgehead atoms. The van der Waals surface area contributed by atoms with Gasteiger partial charge in [0.1, 0.15) is 17.3 Å². The van der Waals surface area contributed by atoms with E-state index in [0.717, 1.165) is 0 Å². The van der Waals surface area contributed by atoms with Crippen molar-refractivity contribution in [2.24, 2.45) is 0 Å². The fraction of sp³-hybridized carbons (Fsp3) is 0.111. The third-order valence-corrected chi connectivity index (χ3v) is 2.17. The van der Waals surface area contributed by atoms with Gasteiger partial charge in [0.25, 0.3) is 0 Å². The number of hydrogen-bond acceptors (Lipinski definition) is 2. The first-order valence-electron chi connectivity index (χ1n) is 3.75. The molecular formula is C9H6ClFN2. The molecule has 1 aromatic heterocycles. The molecule has 13 heavy (non-hydrogen) atoms.